The third-order valence-corrected chi connectivity index (χ3v) is 3.53. The van der Waals surface area contributed by atoms with E-state index in [1.54, 1.807) is 14.2 Å². The van der Waals surface area contributed by atoms with Gasteiger partial charge in [0.15, 0.2) is 11.5 Å². The van der Waals surface area contributed by atoms with E-state index in [0.29, 0.717) is 0 Å². The minimum atomic E-state index is 0.0997. The third-order valence-electron chi connectivity index (χ3n) is 3.53. The standard InChI is InChI=1S/C16H26N2O3/c1-12(2)21-16-10-14(19-3)13(9-15(16)20-4)11-18-7-5-17-6-8-18/h9-10,12,17H,5-8,11H2,1-4H3. The highest BCUT2D eigenvalue weighted by molar-refractivity contribution is 5.50. The predicted octanol–water partition coefficient (Wildman–Crippen LogP) is 1.90. The molecule has 1 aromatic carbocycles. The van der Waals surface area contributed by atoms with E-state index in [-0.39, 0.29) is 6.10 Å². The minimum Gasteiger partial charge on any atom is -0.496 e. The van der Waals surface area contributed by atoms with Crippen molar-refractivity contribution in [2.24, 2.45) is 0 Å². The predicted molar refractivity (Wildman–Crippen MR) is 83.5 cm³/mol. The summed E-state index contributed by atoms with van der Waals surface area (Å²) in [6, 6.07) is 3.95. The highest BCUT2D eigenvalue weighted by Crippen LogP contribution is 2.36. The second-order valence-corrected chi connectivity index (χ2v) is 5.51. The van der Waals surface area contributed by atoms with Crippen LogP contribution in [-0.2, 0) is 6.54 Å². The number of hydrogen-bond donors (Lipinski definition) is 1. The fourth-order valence-corrected chi connectivity index (χ4v) is 2.51. The van der Waals surface area contributed by atoms with Crippen LogP contribution in [0.25, 0.3) is 0 Å². The maximum Gasteiger partial charge on any atom is 0.165 e. The highest BCUT2D eigenvalue weighted by Gasteiger charge is 2.17. The molecule has 2 rings (SSSR count). The summed E-state index contributed by atoms with van der Waals surface area (Å²) >= 11 is 0. The monoisotopic (exact) mass is 294 g/mol. The lowest BCUT2D eigenvalue weighted by Gasteiger charge is -2.28. The molecule has 0 aromatic heterocycles. The number of nitrogens with one attached hydrogen (secondary N) is 1. The van der Waals surface area contributed by atoms with E-state index in [0.717, 1.165) is 55.5 Å². The second kappa shape index (κ2) is 7.52. The zero-order chi connectivity index (χ0) is 15.2. The molecule has 0 amide bonds. The van der Waals surface area contributed by atoms with Gasteiger partial charge in [-0.2, -0.15) is 0 Å². The third kappa shape index (κ3) is 4.25. The van der Waals surface area contributed by atoms with Crippen LogP contribution < -0.4 is 19.5 Å². The van der Waals surface area contributed by atoms with E-state index in [1.165, 1.54) is 0 Å². The van der Waals surface area contributed by atoms with Crippen LogP contribution in [0.2, 0.25) is 0 Å². The number of ether oxygens (including phenoxy) is 3. The molecular formula is C16H26N2O3. The molecule has 1 N–H and O–H groups in total. The Kier molecular flexibility index (Phi) is 5.70. The lowest BCUT2D eigenvalue weighted by Crippen LogP contribution is -2.42. The van der Waals surface area contributed by atoms with Gasteiger partial charge in [0.2, 0.25) is 0 Å². The minimum absolute atomic E-state index is 0.0997. The molecule has 1 aliphatic rings. The van der Waals surface area contributed by atoms with Crippen molar-refractivity contribution < 1.29 is 14.2 Å². The molecule has 118 valence electrons. The van der Waals surface area contributed by atoms with Crippen molar-refractivity contribution in [2.45, 2.75) is 26.5 Å². The molecule has 1 fully saturated rings. The van der Waals surface area contributed by atoms with Gasteiger partial charge in [-0.05, 0) is 19.9 Å². The molecular weight excluding hydrogens is 268 g/mol. The van der Waals surface area contributed by atoms with Crippen LogP contribution in [0.1, 0.15) is 19.4 Å². The second-order valence-electron chi connectivity index (χ2n) is 5.51. The van der Waals surface area contributed by atoms with Gasteiger partial charge in [-0.15, -0.1) is 0 Å². The van der Waals surface area contributed by atoms with Crippen molar-refractivity contribution in [1.82, 2.24) is 10.2 Å². The van der Waals surface area contributed by atoms with Crippen LogP contribution in [0, 0.1) is 0 Å². The molecule has 1 heterocycles. The number of nitrogens with zero attached hydrogens (tertiary/aromatic N) is 1. The van der Waals surface area contributed by atoms with Crippen molar-refractivity contribution in [3.8, 4) is 17.2 Å². The smallest absolute Gasteiger partial charge is 0.165 e. The van der Waals surface area contributed by atoms with Gasteiger partial charge in [-0.25, -0.2) is 0 Å². The molecule has 0 spiro atoms. The van der Waals surface area contributed by atoms with Crippen LogP contribution in [0.15, 0.2) is 12.1 Å². The Bertz CT molecular complexity index is 457. The maximum atomic E-state index is 5.80. The van der Waals surface area contributed by atoms with Gasteiger partial charge in [0.1, 0.15) is 5.75 Å². The molecule has 0 saturated carbocycles. The van der Waals surface area contributed by atoms with Crippen LogP contribution in [0.3, 0.4) is 0 Å². The van der Waals surface area contributed by atoms with Gasteiger partial charge in [-0.3, -0.25) is 4.90 Å². The van der Waals surface area contributed by atoms with Crippen LogP contribution in [0.5, 0.6) is 17.2 Å². The van der Waals surface area contributed by atoms with E-state index < -0.39 is 0 Å². The summed E-state index contributed by atoms with van der Waals surface area (Å²) in [6.07, 6.45) is 0.0997. The molecule has 21 heavy (non-hydrogen) atoms. The fraction of sp³-hybridized carbons (Fsp3) is 0.625. The van der Waals surface area contributed by atoms with E-state index in [1.807, 2.05) is 26.0 Å². The Balaban J connectivity index is 2.22. The molecule has 0 aliphatic carbocycles. The first-order valence-electron chi connectivity index (χ1n) is 7.48. The van der Waals surface area contributed by atoms with Gasteiger partial charge in [0.05, 0.1) is 20.3 Å². The first kappa shape index (κ1) is 15.9. The summed E-state index contributed by atoms with van der Waals surface area (Å²) in [7, 11) is 3.37. The molecule has 5 nitrogen and oxygen atoms in total. The van der Waals surface area contributed by atoms with Crippen molar-refractivity contribution >= 4 is 0 Å². The molecule has 0 atom stereocenters. The summed E-state index contributed by atoms with van der Waals surface area (Å²) in [5.41, 5.74) is 1.13. The summed E-state index contributed by atoms with van der Waals surface area (Å²) in [5.74, 6) is 2.34. The molecule has 0 bridgehead atoms. The van der Waals surface area contributed by atoms with E-state index in [9.17, 15) is 0 Å². The van der Waals surface area contributed by atoms with Crippen molar-refractivity contribution in [3.63, 3.8) is 0 Å². The Morgan fingerprint density at radius 3 is 2.29 bits per heavy atom. The number of methoxy groups -OCH3 is 2. The molecule has 1 aromatic rings. The Hall–Kier alpha value is -1.46. The topological polar surface area (TPSA) is 43.0 Å². The maximum absolute atomic E-state index is 5.80. The summed E-state index contributed by atoms with van der Waals surface area (Å²) < 4.78 is 16.8. The largest absolute Gasteiger partial charge is 0.496 e. The summed E-state index contributed by atoms with van der Waals surface area (Å²) in [6.45, 7) is 9.04. The van der Waals surface area contributed by atoms with Gasteiger partial charge >= 0.3 is 0 Å². The molecule has 1 aliphatic heterocycles. The number of piperazine rings is 1. The van der Waals surface area contributed by atoms with Gasteiger partial charge in [-0.1, -0.05) is 0 Å². The average molecular weight is 294 g/mol. The summed E-state index contributed by atoms with van der Waals surface area (Å²) in [5, 5.41) is 3.36. The Morgan fingerprint density at radius 1 is 1.05 bits per heavy atom. The molecule has 5 heteroatoms. The van der Waals surface area contributed by atoms with E-state index in [4.69, 9.17) is 14.2 Å². The number of hydrogen-bond acceptors (Lipinski definition) is 5. The van der Waals surface area contributed by atoms with Gasteiger partial charge in [0.25, 0.3) is 0 Å². The SMILES string of the molecule is COc1cc(OC(C)C)c(OC)cc1CN1CCNCC1. The van der Waals surface area contributed by atoms with Crippen LogP contribution in [-0.4, -0.2) is 51.4 Å². The Morgan fingerprint density at radius 2 is 1.71 bits per heavy atom. The highest BCUT2D eigenvalue weighted by atomic mass is 16.5. The van der Waals surface area contributed by atoms with Crippen LogP contribution in [0.4, 0.5) is 0 Å². The van der Waals surface area contributed by atoms with Crippen LogP contribution >= 0.6 is 0 Å². The van der Waals surface area contributed by atoms with E-state index in [2.05, 4.69) is 10.2 Å². The van der Waals surface area contributed by atoms with E-state index >= 15 is 0 Å². The summed E-state index contributed by atoms with van der Waals surface area (Å²) in [4.78, 5) is 2.41. The lowest BCUT2D eigenvalue weighted by molar-refractivity contribution is 0.222. The fourth-order valence-electron chi connectivity index (χ4n) is 2.51. The van der Waals surface area contributed by atoms with Crippen molar-refractivity contribution in [2.75, 3.05) is 40.4 Å². The van der Waals surface area contributed by atoms with Crippen molar-refractivity contribution in [1.29, 1.82) is 0 Å². The zero-order valence-corrected chi connectivity index (χ0v) is 13.4. The quantitative estimate of drug-likeness (QED) is 0.868. The Labute approximate surface area is 127 Å². The molecule has 1 saturated heterocycles. The molecule has 0 radical (unpaired) electrons. The zero-order valence-electron chi connectivity index (χ0n) is 13.4. The lowest BCUT2D eigenvalue weighted by atomic mass is 10.1. The number of rotatable bonds is 6. The molecule has 0 unspecified atom stereocenters. The first-order chi connectivity index (χ1) is 10.1. The normalized spacial score (nSPS) is 16.0. The van der Waals surface area contributed by atoms with Gasteiger partial charge in [0, 0.05) is 44.4 Å². The first-order valence-corrected chi connectivity index (χ1v) is 7.48. The van der Waals surface area contributed by atoms with Crippen molar-refractivity contribution in [3.05, 3.63) is 17.7 Å². The average Bonchev–Trinajstić information content (AvgIpc) is 2.48. The van der Waals surface area contributed by atoms with Gasteiger partial charge < -0.3 is 19.5 Å². The number of benzene rings is 1.